The first kappa shape index (κ1) is 11.0. The number of hydrogen-bond donors (Lipinski definition) is 1. The third kappa shape index (κ3) is 2.21. The standard InChI is InChI=1S/C12H9ClFNO/c13-10-6-8-3-4-9(2-1-5-16)15-12(8)7-11(10)14/h1-4,6-7,16H,5H2/b2-1+. The summed E-state index contributed by atoms with van der Waals surface area (Å²) in [7, 11) is 0. The minimum Gasteiger partial charge on any atom is -0.392 e. The number of rotatable bonds is 2. The molecule has 0 aliphatic heterocycles. The van der Waals surface area contributed by atoms with E-state index in [-0.39, 0.29) is 11.6 Å². The van der Waals surface area contributed by atoms with Crippen LogP contribution in [0.4, 0.5) is 4.39 Å². The van der Waals surface area contributed by atoms with Crippen molar-refractivity contribution in [3.05, 3.63) is 46.9 Å². The van der Waals surface area contributed by atoms with Crippen molar-refractivity contribution in [2.45, 2.75) is 0 Å². The van der Waals surface area contributed by atoms with Gasteiger partial charge in [0.1, 0.15) is 5.82 Å². The van der Waals surface area contributed by atoms with Gasteiger partial charge in [-0.1, -0.05) is 23.7 Å². The summed E-state index contributed by atoms with van der Waals surface area (Å²) < 4.78 is 13.2. The molecule has 2 aromatic rings. The fraction of sp³-hybridized carbons (Fsp3) is 0.0833. The second-order valence-corrected chi connectivity index (χ2v) is 3.69. The third-order valence-electron chi connectivity index (χ3n) is 2.15. The molecule has 0 radical (unpaired) electrons. The van der Waals surface area contributed by atoms with Gasteiger partial charge in [0.15, 0.2) is 0 Å². The van der Waals surface area contributed by atoms with Crippen LogP contribution < -0.4 is 0 Å². The number of nitrogens with zero attached hydrogens (tertiary/aromatic N) is 1. The lowest BCUT2D eigenvalue weighted by Gasteiger charge is -2.00. The molecule has 82 valence electrons. The van der Waals surface area contributed by atoms with Crippen molar-refractivity contribution < 1.29 is 9.50 Å². The van der Waals surface area contributed by atoms with E-state index in [0.29, 0.717) is 11.2 Å². The first-order valence-corrected chi connectivity index (χ1v) is 5.12. The molecule has 2 rings (SSSR count). The molecule has 16 heavy (non-hydrogen) atoms. The van der Waals surface area contributed by atoms with Gasteiger partial charge in [-0.25, -0.2) is 9.37 Å². The van der Waals surface area contributed by atoms with Gasteiger partial charge in [-0.3, -0.25) is 0 Å². The van der Waals surface area contributed by atoms with E-state index in [2.05, 4.69) is 4.98 Å². The Hall–Kier alpha value is -1.45. The first-order chi connectivity index (χ1) is 7.70. The molecule has 0 aliphatic carbocycles. The smallest absolute Gasteiger partial charge is 0.143 e. The normalized spacial score (nSPS) is 11.4. The minimum absolute atomic E-state index is 0.0469. The highest BCUT2D eigenvalue weighted by molar-refractivity contribution is 6.31. The zero-order valence-corrected chi connectivity index (χ0v) is 9.08. The zero-order valence-electron chi connectivity index (χ0n) is 8.32. The molecule has 0 saturated carbocycles. The van der Waals surface area contributed by atoms with Crippen LogP contribution in [0.25, 0.3) is 17.0 Å². The summed E-state index contributed by atoms with van der Waals surface area (Å²) >= 11 is 5.66. The van der Waals surface area contributed by atoms with Crippen molar-refractivity contribution in [2.24, 2.45) is 0 Å². The second kappa shape index (κ2) is 4.60. The molecule has 0 bridgehead atoms. The lowest BCUT2D eigenvalue weighted by atomic mass is 10.2. The summed E-state index contributed by atoms with van der Waals surface area (Å²) in [5.41, 5.74) is 1.21. The van der Waals surface area contributed by atoms with E-state index >= 15 is 0 Å². The molecule has 0 spiro atoms. The maximum absolute atomic E-state index is 13.2. The van der Waals surface area contributed by atoms with Crippen molar-refractivity contribution >= 4 is 28.6 Å². The lowest BCUT2D eigenvalue weighted by Crippen LogP contribution is -1.86. The molecule has 2 nitrogen and oxygen atoms in total. The molecule has 0 fully saturated rings. The number of halogens is 2. The van der Waals surface area contributed by atoms with Crippen molar-refractivity contribution in [1.29, 1.82) is 0 Å². The van der Waals surface area contributed by atoms with E-state index in [1.165, 1.54) is 6.07 Å². The molecule has 0 saturated heterocycles. The highest BCUT2D eigenvalue weighted by Crippen LogP contribution is 2.22. The van der Waals surface area contributed by atoms with E-state index in [1.807, 2.05) is 6.07 Å². The quantitative estimate of drug-likeness (QED) is 0.871. The minimum atomic E-state index is -0.482. The topological polar surface area (TPSA) is 33.1 Å². The fourth-order valence-electron chi connectivity index (χ4n) is 1.40. The van der Waals surface area contributed by atoms with Crippen LogP contribution in [0.15, 0.2) is 30.3 Å². The number of pyridine rings is 1. The number of aromatic nitrogens is 1. The Balaban J connectivity index is 2.53. The molecule has 1 N–H and O–H groups in total. The lowest BCUT2D eigenvalue weighted by molar-refractivity contribution is 0.343. The number of hydrogen-bond acceptors (Lipinski definition) is 2. The van der Waals surface area contributed by atoms with Gasteiger partial charge in [-0.2, -0.15) is 0 Å². The van der Waals surface area contributed by atoms with Crippen LogP contribution in [-0.4, -0.2) is 16.7 Å². The van der Waals surface area contributed by atoms with Crippen LogP contribution in [0.2, 0.25) is 5.02 Å². The van der Waals surface area contributed by atoms with Gasteiger partial charge >= 0.3 is 0 Å². The monoisotopic (exact) mass is 237 g/mol. The summed E-state index contributed by atoms with van der Waals surface area (Å²) in [6.07, 6.45) is 3.24. The van der Waals surface area contributed by atoms with Gasteiger partial charge in [0, 0.05) is 11.5 Å². The van der Waals surface area contributed by atoms with E-state index in [4.69, 9.17) is 16.7 Å². The number of fused-ring (bicyclic) bond motifs is 1. The van der Waals surface area contributed by atoms with Crippen LogP contribution >= 0.6 is 11.6 Å². The van der Waals surface area contributed by atoms with Crippen molar-refractivity contribution in [2.75, 3.05) is 6.61 Å². The van der Waals surface area contributed by atoms with Crippen LogP contribution in [-0.2, 0) is 0 Å². The van der Waals surface area contributed by atoms with Crippen LogP contribution in [0.5, 0.6) is 0 Å². The predicted octanol–water partition coefficient (Wildman–Crippen LogP) is 3.03. The number of aliphatic hydroxyl groups is 1. The van der Waals surface area contributed by atoms with E-state index in [0.717, 1.165) is 5.39 Å². The molecule has 0 unspecified atom stereocenters. The zero-order chi connectivity index (χ0) is 11.5. The Labute approximate surface area is 97.0 Å². The van der Waals surface area contributed by atoms with Crippen LogP contribution in [0.1, 0.15) is 5.69 Å². The average molecular weight is 238 g/mol. The Morgan fingerprint density at radius 3 is 2.94 bits per heavy atom. The second-order valence-electron chi connectivity index (χ2n) is 3.28. The molecule has 4 heteroatoms. The molecule has 1 aromatic carbocycles. The summed E-state index contributed by atoms with van der Waals surface area (Å²) in [4.78, 5) is 4.22. The van der Waals surface area contributed by atoms with Gasteiger partial charge in [-0.05, 0) is 18.2 Å². The third-order valence-corrected chi connectivity index (χ3v) is 2.44. The van der Waals surface area contributed by atoms with Gasteiger partial charge in [0.25, 0.3) is 0 Å². The number of aliphatic hydroxyl groups excluding tert-OH is 1. The summed E-state index contributed by atoms with van der Waals surface area (Å²) in [5, 5.41) is 9.50. The summed E-state index contributed by atoms with van der Waals surface area (Å²) in [6.45, 7) is -0.0469. The highest BCUT2D eigenvalue weighted by atomic mass is 35.5. The SMILES string of the molecule is OC/C=C/c1ccc2cc(Cl)c(F)cc2n1. The molecule has 0 atom stereocenters. The molecule has 0 amide bonds. The van der Waals surface area contributed by atoms with Crippen molar-refractivity contribution in [3.63, 3.8) is 0 Å². The van der Waals surface area contributed by atoms with E-state index in [9.17, 15) is 4.39 Å². The Bertz CT molecular complexity index is 554. The predicted molar refractivity (Wildman–Crippen MR) is 62.8 cm³/mol. The molecule has 1 aromatic heterocycles. The van der Waals surface area contributed by atoms with Gasteiger partial charge in [-0.15, -0.1) is 0 Å². The summed E-state index contributed by atoms with van der Waals surface area (Å²) in [6, 6.07) is 6.43. The van der Waals surface area contributed by atoms with Crippen molar-refractivity contribution in [1.82, 2.24) is 4.98 Å². The fourth-order valence-corrected chi connectivity index (χ4v) is 1.57. The first-order valence-electron chi connectivity index (χ1n) is 4.74. The van der Waals surface area contributed by atoms with Crippen molar-refractivity contribution in [3.8, 4) is 0 Å². The molecule has 0 aliphatic rings. The molecule has 1 heterocycles. The maximum atomic E-state index is 13.2. The molecular weight excluding hydrogens is 229 g/mol. The van der Waals surface area contributed by atoms with Crippen LogP contribution in [0, 0.1) is 5.82 Å². The van der Waals surface area contributed by atoms with E-state index in [1.54, 1.807) is 24.3 Å². The van der Waals surface area contributed by atoms with Gasteiger partial charge in [0.05, 0.1) is 22.8 Å². The number of benzene rings is 1. The van der Waals surface area contributed by atoms with Gasteiger partial charge < -0.3 is 5.11 Å². The van der Waals surface area contributed by atoms with Gasteiger partial charge in [0.2, 0.25) is 0 Å². The largest absolute Gasteiger partial charge is 0.392 e. The van der Waals surface area contributed by atoms with E-state index < -0.39 is 5.82 Å². The maximum Gasteiger partial charge on any atom is 0.143 e. The highest BCUT2D eigenvalue weighted by Gasteiger charge is 2.03. The molecular formula is C12H9ClFNO. The average Bonchev–Trinajstić information content (AvgIpc) is 2.28. The Kier molecular flexibility index (Phi) is 3.17. The Morgan fingerprint density at radius 1 is 1.38 bits per heavy atom. The summed E-state index contributed by atoms with van der Waals surface area (Å²) in [5.74, 6) is -0.482. The Morgan fingerprint density at radius 2 is 2.19 bits per heavy atom. The van der Waals surface area contributed by atoms with Crippen LogP contribution in [0.3, 0.4) is 0 Å².